The lowest BCUT2D eigenvalue weighted by molar-refractivity contribution is -0.137. The van der Waals surface area contributed by atoms with Gasteiger partial charge in [0.05, 0.1) is 4.87 Å². The van der Waals surface area contributed by atoms with Crippen LogP contribution in [-0.2, 0) is 9.59 Å². The molecule has 0 aromatic rings. The second-order valence-corrected chi connectivity index (χ2v) is 7.31. The minimum atomic E-state index is -0.272. The number of hydrogen-bond donors (Lipinski definition) is 2. The van der Waals surface area contributed by atoms with Crippen LogP contribution in [0.3, 0.4) is 0 Å². The fourth-order valence-electron chi connectivity index (χ4n) is 3.29. The third-order valence-corrected chi connectivity index (χ3v) is 5.94. The molecule has 2 amide bonds. The van der Waals surface area contributed by atoms with Gasteiger partial charge >= 0.3 is 0 Å². The van der Waals surface area contributed by atoms with Gasteiger partial charge in [-0.2, -0.15) is 0 Å². The third kappa shape index (κ3) is 2.78. The summed E-state index contributed by atoms with van der Waals surface area (Å²) in [6.45, 7) is 3.80. The summed E-state index contributed by atoms with van der Waals surface area (Å²) in [7, 11) is 0. The summed E-state index contributed by atoms with van der Waals surface area (Å²) in [5.74, 6) is 0.874. The Balaban J connectivity index is 0.00000147. The fourth-order valence-corrected chi connectivity index (χ4v) is 4.72. The van der Waals surface area contributed by atoms with Crippen molar-refractivity contribution >= 4 is 36.0 Å². The maximum absolute atomic E-state index is 12.3. The van der Waals surface area contributed by atoms with Gasteiger partial charge in [-0.15, -0.1) is 24.2 Å². The maximum atomic E-state index is 12.3. The van der Waals surface area contributed by atoms with Gasteiger partial charge in [0.15, 0.2) is 0 Å². The third-order valence-electron chi connectivity index (χ3n) is 4.43. The zero-order valence-corrected chi connectivity index (χ0v) is 13.3. The average Bonchev–Trinajstić information content (AvgIpc) is 3.06. The van der Waals surface area contributed by atoms with Crippen molar-refractivity contribution < 1.29 is 9.59 Å². The maximum Gasteiger partial charge on any atom is 0.243 e. The number of carbonyl (C=O) groups excluding carboxylic acids is 2. The molecule has 0 saturated carbocycles. The molecule has 3 aliphatic heterocycles. The number of thioether (sulfide) groups is 1. The van der Waals surface area contributed by atoms with E-state index in [0.29, 0.717) is 19.0 Å². The molecular formula is C13H22ClN3O2S. The number of nitrogens with zero attached hydrogens (tertiary/aromatic N) is 1. The van der Waals surface area contributed by atoms with Crippen LogP contribution in [0, 0.1) is 0 Å². The standard InChI is InChI=1S/C13H21N3O2S.ClH/c1-13-5-4-11(17)16(13)10(8-19-13)12(18)15-7-9-3-2-6-14-9;/h9-10,14H,2-8H2,1H3,(H,15,18);1H. The number of hydrogen-bond acceptors (Lipinski definition) is 4. The van der Waals surface area contributed by atoms with E-state index in [0.717, 1.165) is 25.1 Å². The molecule has 5 nitrogen and oxygen atoms in total. The van der Waals surface area contributed by atoms with E-state index >= 15 is 0 Å². The zero-order valence-electron chi connectivity index (χ0n) is 11.7. The van der Waals surface area contributed by atoms with E-state index < -0.39 is 0 Å². The molecule has 7 heteroatoms. The lowest BCUT2D eigenvalue weighted by Crippen LogP contribution is -2.51. The normalized spacial score (nSPS) is 35.9. The Kier molecular flexibility index (Phi) is 4.87. The molecule has 3 aliphatic rings. The van der Waals surface area contributed by atoms with E-state index in [4.69, 9.17) is 0 Å². The molecule has 0 bridgehead atoms. The number of fused-ring (bicyclic) bond motifs is 1. The van der Waals surface area contributed by atoms with Gasteiger partial charge in [-0.05, 0) is 32.7 Å². The van der Waals surface area contributed by atoms with Gasteiger partial charge in [0.25, 0.3) is 0 Å². The van der Waals surface area contributed by atoms with Crippen molar-refractivity contribution in [2.24, 2.45) is 0 Å². The van der Waals surface area contributed by atoms with Gasteiger partial charge in [-0.3, -0.25) is 9.59 Å². The number of rotatable bonds is 3. The van der Waals surface area contributed by atoms with Crippen molar-refractivity contribution in [1.29, 1.82) is 0 Å². The molecule has 0 radical (unpaired) electrons. The van der Waals surface area contributed by atoms with Gasteiger partial charge in [0.1, 0.15) is 6.04 Å². The van der Waals surface area contributed by atoms with Crippen molar-refractivity contribution in [3.05, 3.63) is 0 Å². The molecule has 3 atom stereocenters. The average molecular weight is 320 g/mol. The molecule has 3 heterocycles. The number of nitrogens with one attached hydrogen (secondary N) is 2. The summed E-state index contributed by atoms with van der Waals surface area (Å²) in [6, 6.07) is 0.130. The molecule has 2 N–H and O–H groups in total. The minimum Gasteiger partial charge on any atom is -0.353 e. The predicted molar refractivity (Wildman–Crippen MR) is 82.0 cm³/mol. The van der Waals surface area contributed by atoms with Crippen molar-refractivity contribution in [2.45, 2.75) is 49.6 Å². The highest BCUT2D eigenvalue weighted by Crippen LogP contribution is 2.47. The van der Waals surface area contributed by atoms with Crippen molar-refractivity contribution in [3.8, 4) is 0 Å². The molecule has 0 aromatic carbocycles. The molecule has 0 aromatic heterocycles. The second kappa shape index (κ2) is 6.12. The molecule has 0 spiro atoms. The molecule has 3 unspecified atom stereocenters. The quantitative estimate of drug-likeness (QED) is 0.805. The first-order chi connectivity index (χ1) is 9.10. The summed E-state index contributed by atoms with van der Waals surface area (Å²) in [6.07, 6.45) is 3.75. The van der Waals surface area contributed by atoms with Crippen molar-refractivity contribution in [2.75, 3.05) is 18.8 Å². The second-order valence-electron chi connectivity index (χ2n) is 5.80. The molecule has 3 fully saturated rings. The topological polar surface area (TPSA) is 61.4 Å². The van der Waals surface area contributed by atoms with Crippen LogP contribution in [0.25, 0.3) is 0 Å². The minimum absolute atomic E-state index is 0. The van der Waals surface area contributed by atoms with Crippen LogP contribution in [0.2, 0.25) is 0 Å². The first-order valence-corrected chi connectivity index (χ1v) is 8.06. The molecule has 114 valence electrons. The van der Waals surface area contributed by atoms with Gasteiger partial charge in [0.2, 0.25) is 11.8 Å². The molecular weight excluding hydrogens is 298 g/mol. The van der Waals surface area contributed by atoms with E-state index in [1.165, 1.54) is 6.42 Å². The first-order valence-electron chi connectivity index (χ1n) is 7.07. The highest BCUT2D eigenvalue weighted by atomic mass is 35.5. The lowest BCUT2D eigenvalue weighted by atomic mass is 10.2. The monoisotopic (exact) mass is 319 g/mol. The SMILES string of the molecule is CC12CCC(=O)N1C(C(=O)NCC1CCCN1)CS2.Cl. The molecule has 20 heavy (non-hydrogen) atoms. The smallest absolute Gasteiger partial charge is 0.243 e. The number of amides is 2. The summed E-state index contributed by atoms with van der Waals surface area (Å²) < 4.78 is 0. The van der Waals surface area contributed by atoms with E-state index in [9.17, 15) is 9.59 Å². The largest absolute Gasteiger partial charge is 0.353 e. The van der Waals surface area contributed by atoms with Crippen LogP contribution in [0.5, 0.6) is 0 Å². The summed E-state index contributed by atoms with van der Waals surface area (Å²) in [5, 5.41) is 6.37. The van der Waals surface area contributed by atoms with E-state index in [1.54, 1.807) is 11.8 Å². The van der Waals surface area contributed by atoms with Gasteiger partial charge in [0, 0.05) is 24.8 Å². The Bertz CT molecular complexity index is 403. The fraction of sp³-hybridized carbons (Fsp3) is 0.846. The van der Waals surface area contributed by atoms with Crippen LogP contribution < -0.4 is 10.6 Å². The first kappa shape index (κ1) is 15.9. The van der Waals surface area contributed by atoms with Gasteiger partial charge < -0.3 is 15.5 Å². The van der Waals surface area contributed by atoms with Crippen LogP contribution >= 0.6 is 24.2 Å². The van der Waals surface area contributed by atoms with Crippen LogP contribution in [0.1, 0.15) is 32.6 Å². The highest BCUT2D eigenvalue weighted by molar-refractivity contribution is 8.01. The predicted octanol–water partition coefficient (Wildman–Crippen LogP) is 0.730. The Morgan fingerprint density at radius 1 is 1.60 bits per heavy atom. The molecule has 3 saturated heterocycles. The lowest BCUT2D eigenvalue weighted by Gasteiger charge is -2.30. The van der Waals surface area contributed by atoms with Crippen LogP contribution in [-0.4, -0.2) is 52.5 Å². The van der Waals surface area contributed by atoms with E-state index in [-0.39, 0.29) is 35.1 Å². The Hall–Kier alpha value is -0.460. The van der Waals surface area contributed by atoms with Crippen LogP contribution in [0.15, 0.2) is 0 Å². The Morgan fingerprint density at radius 2 is 2.40 bits per heavy atom. The zero-order chi connectivity index (χ0) is 13.5. The van der Waals surface area contributed by atoms with E-state index in [1.807, 2.05) is 4.90 Å². The number of carbonyl (C=O) groups is 2. The van der Waals surface area contributed by atoms with Crippen molar-refractivity contribution in [1.82, 2.24) is 15.5 Å². The van der Waals surface area contributed by atoms with Crippen molar-refractivity contribution in [3.63, 3.8) is 0 Å². The summed E-state index contributed by atoms with van der Waals surface area (Å²) in [4.78, 5) is 25.9. The highest BCUT2D eigenvalue weighted by Gasteiger charge is 2.52. The Morgan fingerprint density at radius 3 is 3.10 bits per heavy atom. The van der Waals surface area contributed by atoms with Gasteiger partial charge in [-0.1, -0.05) is 0 Å². The van der Waals surface area contributed by atoms with Gasteiger partial charge in [-0.25, -0.2) is 0 Å². The summed E-state index contributed by atoms with van der Waals surface area (Å²) in [5.41, 5.74) is 0. The summed E-state index contributed by atoms with van der Waals surface area (Å²) >= 11 is 1.74. The molecule has 3 rings (SSSR count). The van der Waals surface area contributed by atoms with E-state index in [2.05, 4.69) is 17.6 Å². The molecule has 0 aliphatic carbocycles. The van der Waals surface area contributed by atoms with Crippen LogP contribution in [0.4, 0.5) is 0 Å². The number of halogens is 1. The Labute approximate surface area is 130 Å².